The molecule has 0 aliphatic carbocycles. The molecule has 0 aliphatic heterocycles. The number of aryl methyl sites for hydroxylation is 1. The van der Waals surface area contributed by atoms with Gasteiger partial charge in [0.15, 0.2) is 0 Å². The molecular weight excluding hydrogens is 372 g/mol. The van der Waals surface area contributed by atoms with Crippen molar-refractivity contribution < 1.29 is 0 Å². The van der Waals surface area contributed by atoms with E-state index in [0.29, 0.717) is 5.92 Å². The Morgan fingerprint density at radius 1 is 1.06 bits per heavy atom. The zero-order valence-electron chi connectivity index (χ0n) is 10.3. The third-order valence-electron chi connectivity index (χ3n) is 2.98. The van der Waals surface area contributed by atoms with Gasteiger partial charge in [-0.25, -0.2) is 0 Å². The first kappa shape index (κ1) is 14.3. The molecule has 1 heterocycles. The molecule has 96 valence electrons. The monoisotopic (exact) mass is 386 g/mol. The van der Waals surface area contributed by atoms with Gasteiger partial charge in [-0.15, -0.1) is 11.3 Å². The molecule has 1 atom stereocenters. The Hall–Kier alpha value is -0.120. The summed E-state index contributed by atoms with van der Waals surface area (Å²) in [7, 11) is 0. The summed E-state index contributed by atoms with van der Waals surface area (Å²) in [6.07, 6.45) is 2.29. The zero-order chi connectivity index (χ0) is 13.0. The maximum Gasteiger partial charge on any atom is 0.0701 e. The van der Waals surface area contributed by atoms with Crippen LogP contribution in [0, 0.1) is 12.8 Å². The van der Waals surface area contributed by atoms with E-state index >= 15 is 0 Å². The molecule has 0 aliphatic rings. The number of alkyl halides is 1. The summed E-state index contributed by atoms with van der Waals surface area (Å²) in [5.41, 5.74) is 2.76. The van der Waals surface area contributed by atoms with Crippen LogP contribution in [0.4, 0.5) is 0 Å². The van der Waals surface area contributed by atoms with Crippen molar-refractivity contribution in [3.8, 4) is 0 Å². The SMILES string of the molecule is Cc1ccc(CC(CBr)Cc2ccc(Br)s2)cc1. The van der Waals surface area contributed by atoms with Crippen LogP contribution >= 0.6 is 43.2 Å². The van der Waals surface area contributed by atoms with Gasteiger partial charge in [-0.3, -0.25) is 0 Å². The van der Waals surface area contributed by atoms with Gasteiger partial charge in [0.1, 0.15) is 0 Å². The van der Waals surface area contributed by atoms with Crippen molar-refractivity contribution in [2.75, 3.05) is 5.33 Å². The number of halogens is 2. The zero-order valence-corrected chi connectivity index (χ0v) is 14.3. The van der Waals surface area contributed by atoms with E-state index in [-0.39, 0.29) is 0 Å². The molecule has 0 amide bonds. The smallest absolute Gasteiger partial charge is 0.0701 e. The predicted octanol–water partition coefficient (Wildman–Crippen LogP) is 5.62. The van der Waals surface area contributed by atoms with Gasteiger partial charge in [0, 0.05) is 10.2 Å². The van der Waals surface area contributed by atoms with Crippen LogP contribution in [0.15, 0.2) is 40.2 Å². The van der Waals surface area contributed by atoms with Crippen molar-refractivity contribution in [1.29, 1.82) is 0 Å². The maximum absolute atomic E-state index is 3.65. The van der Waals surface area contributed by atoms with Gasteiger partial charge in [0.25, 0.3) is 0 Å². The van der Waals surface area contributed by atoms with E-state index in [0.717, 1.165) is 18.2 Å². The van der Waals surface area contributed by atoms with E-state index in [1.165, 1.54) is 19.8 Å². The fourth-order valence-electron chi connectivity index (χ4n) is 1.98. The minimum Gasteiger partial charge on any atom is -0.133 e. The fourth-order valence-corrected chi connectivity index (χ4v) is 4.04. The van der Waals surface area contributed by atoms with Crippen LogP contribution in [0.2, 0.25) is 0 Å². The lowest BCUT2D eigenvalue weighted by molar-refractivity contribution is 0.596. The van der Waals surface area contributed by atoms with Gasteiger partial charge >= 0.3 is 0 Å². The van der Waals surface area contributed by atoms with Crippen molar-refractivity contribution in [2.45, 2.75) is 19.8 Å². The van der Waals surface area contributed by atoms with Gasteiger partial charge in [-0.05, 0) is 59.3 Å². The highest BCUT2D eigenvalue weighted by molar-refractivity contribution is 9.11. The van der Waals surface area contributed by atoms with Crippen molar-refractivity contribution in [3.63, 3.8) is 0 Å². The molecular formula is C15H16Br2S. The van der Waals surface area contributed by atoms with E-state index in [2.05, 4.69) is 75.2 Å². The minimum atomic E-state index is 0.665. The van der Waals surface area contributed by atoms with E-state index < -0.39 is 0 Å². The van der Waals surface area contributed by atoms with Gasteiger partial charge in [-0.1, -0.05) is 45.8 Å². The summed E-state index contributed by atoms with van der Waals surface area (Å²) in [6, 6.07) is 13.2. The average Bonchev–Trinajstić information content (AvgIpc) is 2.77. The molecule has 1 aromatic carbocycles. The molecule has 2 aromatic rings. The topological polar surface area (TPSA) is 0 Å². The van der Waals surface area contributed by atoms with Crippen LogP contribution in [0.25, 0.3) is 0 Å². The lowest BCUT2D eigenvalue weighted by Gasteiger charge is -2.13. The van der Waals surface area contributed by atoms with Crippen LogP contribution in [-0.4, -0.2) is 5.33 Å². The second-order valence-electron chi connectivity index (χ2n) is 4.62. The number of hydrogen-bond donors (Lipinski definition) is 0. The highest BCUT2D eigenvalue weighted by Gasteiger charge is 2.11. The first-order chi connectivity index (χ1) is 8.67. The third kappa shape index (κ3) is 4.22. The number of rotatable bonds is 5. The summed E-state index contributed by atoms with van der Waals surface area (Å²) in [6.45, 7) is 2.13. The minimum absolute atomic E-state index is 0.665. The van der Waals surface area contributed by atoms with Crippen molar-refractivity contribution in [1.82, 2.24) is 0 Å². The van der Waals surface area contributed by atoms with Crippen LogP contribution in [0.5, 0.6) is 0 Å². The summed E-state index contributed by atoms with van der Waals surface area (Å²) in [4.78, 5) is 1.46. The van der Waals surface area contributed by atoms with Crippen LogP contribution < -0.4 is 0 Å². The second kappa shape index (κ2) is 6.88. The van der Waals surface area contributed by atoms with Gasteiger partial charge in [0.05, 0.1) is 3.79 Å². The van der Waals surface area contributed by atoms with Crippen LogP contribution in [-0.2, 0) is 12.8 Å². The highest BCUT2D eigenvalue weighted by Crippen LogP contribution is 2.26. The molecule has 2 rings (SSSR count). The van der Waals surface area contributed by atoms with E-state index in [1.54, 1.807) is 0 Å². The Morgan fingerprint density at radius 3 is 2.33 bits per heavy atom. The molecule has 0 fully saturated rings. The molecule has 0 bridgehead atoms. The first-order valence-electron chi connectivity index (χ1n) is 6.03. The molecule has 1 unspecified atom stereocenters. The van der Waals surface area contributed by atoms with E-state index in [1.807, 2.05) is 11.3 Å². The summed E-state index contributed by atoms with van der Waals surface area (Å²) >= 11 is 9.01. The second-order valence-corrected chi connectivity index (χ2v) is 7.82. The molecule has 0 saturated carbocycles. The molecule has 0 nitrogen and oxygen atoms in total. The lowest BCUT2D eigenvalue weighted by Crippen LogP contribution is -2.09. The quantitative estimate of drug-likeness (QED) is 0.584. The number of thiophene rings is 1. The molecule has 3 heteroatoms. The van der Waals surface area contributed by atoms with Gasteiger partial charge in [-0.2, -0.15) is 0 Å². The van der Waals surface area contributed by atoms with Gasteiger partial charge in [0.2, 0.25) is 0 Å². The summed E-state index contributed by atoms with van der Waals surface area (Å²) < 4.78 is 1.22. The Kier molecular flexibility index (Phi) is 5.46. The first-order valence-corrected chi connectivity index (χ1v) is 8.76. The molecule has 0 radical (unpaired) electrons. The largest absolute Gasteiger partial charge is 0.133 e. The predicted molar refractivity (Wildman–Crippen MR) is 87.9 cm³/mol. The van der Waals surface area contributed by atoms with Gasteiger partial charge < -0.3 is 0 Å². The number of benzene rings is 1. The molecule has 0 spiro atoms. The van der Waals surface area contributed by atoms with Crippen LogP contribution in [0.3, 0.4) is 0 Å². The summed E-state index contributed by atoms with van der Waals surface area (Å²) in [5.74, 6) is 0.665. The lowest BCUT2D eigenvalue weighted by atomic mass is 9.97. The highest BCUT2D eigenvalue weighted by atomic mass is 79.9. The molecule has 1 aromatic heterocycles. The standard InChI is InChI=1S/C15H16Br2S/c1-11-2-4-12(5-3-11)8-13(10-16)9-14-6-7-15(17)18-14/h2-7,13H,8-10H2,1H3. The Labute approximate surface area is 130 Å². The maximum atomic E-state index is 3.65. The van der Waals surface area contributed by atoms with Crippen molar-refractivity contribution >= 4 is 43.2 Å². The van der Waals surface area contributed by atoms with E-state index in [4.69, 9.17) is 0 Å². The van der Waals surface area contributed by atoms with Crippen molar-refractivity contribution in [3.05, 3.63) is 56.2 Å². The third-order valence-corrected chi connectivity index (χ3v) is 5.54. The Bertz CT molecular complexity index is 487. The number of hydrogen-bond acceptors (Lipinski definition) is 1. The van der Waals surface area contributed by atoms with Crippen molar-refractivity contribution in [2.24, 2.45) is 5.92 Å². The van der Waals surface area contributed by atoms with Crippen LogP contribution in [0.1, 0.15) is 16.0 Å². The molecule has 18 heavy (non-hydrogen) atoms. The fraction of sp³-hybridized carbons (Fsp3) is 0.333. The molecule has 0 saturated heterocycles. The average molecular weight is 388 g/mol. The van der Waals surface area contributed by atoms with E-state index in [9.17, 15) is 0 Å². The Balaban J connectivity index is 1.99. The Morgan fingerprint density at radius 2 is 1.78 bits per heavy atom. The normalized spacial score (nSPS) is 12.6. The summed E-state index contributed by atoms with van der Waals surface area (Å²) in [5, 5.41) is 1.05. The molecule has 0 N–H and O–H groups in total.